The van der Waals surface area contributed by atoms with Gasteiger partial charge in [0.1, 0.15) is 0 Å². The first-order valence-corrected chi connectivity index (χ1v) is 5.60. The van der Waals surface area contributed by atoms with Crippen molar-refractivity contribution in [2.24, 2.45) is 0 Å². The predicted octanol–water partition coefficient (Wildman–Crippen LogP) is 1.81. The van der Waals surface area contributed by atoms with Crippen molar-refractivity contribution in [2.75, 3.05) is 13.2 Å². The molecule has 3 nitrogen and oxygen atoms in total. The van der Waals surface area contributed by atoms with E-state index in [1.165, 1.54) is 0 Å². The van der Waals surface area contributed by atoms with E-state index in [1.54, 1.807) is 0 Å². The fourth-order valence-electron chi connectivity index (χ4n) is 1.85. The monoisotopic (exact) mass is 199 g/mol. The van der Waals surface area contributed by atoms with Crippen LogP contribution in [0.15, 0.2) is 0 Å². The van der Waals surface area contributed by atoms with Crippen molar-refractivity contribution in [3.05, 3.63) is 0 Å². The second-order valence-corrected chi connectivity index (χ2v) is 4.00. The van der Waals surface area contributed by atoms with Gasteiger partial charge in [0.15, 0.2) is 0 Å². The highest BCUT2D eigenvalue weighted by molar-refractivity contribution is 5.76. The molecule has 1 heterocycles. The van der Waals surface area contributed by atoms with E-state index < -0.39 is 0 Å². The van der Waals surface area contributed by atoms with Gasteiger partial charge in [0.05, 0.1) is 18.8 Å². The van der Waals surface area contributed by atoms with Crippen LogP contribution in [0, 0.1) is 0 Å². The van der Waals surface area contributed by atoms with Gasteiger partial charge >= 0.3 is 0 Å². The highest BCUT2D eigenvalue weighted by atomic mass is 16.5. The molecular weight excluding hydrogens is 178 g/mol. The zero-order chi connectivity index (χ0) is 10.6. The summed E-state index contributed by atoms with van der Waals surface area (Å²) < 4.78 is 5.55. The second kappa shape index (κ2) is 5.35. The summed E-state index contributed by atoms with van der Waals surface area (Å²) in [4.78, 5) is 13.8. The third kappa shape index (κ3) is 2.71. The Kier molecular flexibility index (Phi) is 4.39. The Bertz CT molecular complexity index is 194. The van der Waals surface area contributed by atoms with E-state index >= 15 is 0 Å². The summed E-state index contributed by atoms with van der Waals surface area (Å²) in [5, 5.41) is 0. The number of carbonyl (C=O) groups excluding carboxylic acids is 1. The number of rotatable bonds is 3. The molecule has 1 aliphatic heterocycles. The van der Waals surface area contributed by atoms with Crippen LogP contribution in [0.5, 0.6) is 0 Å². The molecule has 0 saturated carbocycles. The second-order valence-electron chi connectivity index (χ2n) is 4.00. The molecular formula is C11H21NO2. The molecule has 0 bridgehead atoms. The lowest BCUT2D eigenvalue weighted by molar-refractivity contribution is -0.144. The fraction of sp³-hybridized carbons (Fsp3) is 0.909. The van der Waals surface area contributed by atoms with Gasteiger partial charge in [-0.25, -0.2) is 0 Å². The molecule has 1 rings (SSSR count). The molecule has 1 aliphatic rings. The maximum absolute atomic E-state index is 11.8. The third-order valence-electron chi connectivity index (χ3n) is 2.72. The number of ether oxygens (including phenoxy) is 1. The largest absolute Gasteiger partial charge is 0.375 e. The number of morpholine rings is 1. The maximum atomic E-state index is 11.8. The highest BCUT2D eigenvalue weighted by Crippen LogP contribution is 2.15. The SMILES string of the molecule is CCCC(=O)N1CC(C)OCC1CC. The first kappa shape index (κ1) is 11.5. The van der Waals surface area contributed by atoms with Crippen molar-refractivity contribution in [2.45, 2.75) is 52.2 Å². The minimum atomic E-state index is 0.193. The van der Waals surface area contributed by atoms with E-state index in [0.717, 1.165) is 19.4 Å². The molecule has 14 heavy (non-hydrogen) atoms. The van der Waals surface area contributed by atoms with Gasteiger partial charge in [0.2, 0.25) is 5.91 Å². The van der Waals surface area contributed by atoms with Crippen LogP contribution >= 0.6 is 0 Å². The van der Waals surface area contributed by atoms with Gasteiger partial charge in [-0.15, -0.1) is 0 Å². The van der Waals surface area contributed by atoms with Crippen LogP contribution in [0.3, 0.4) is 0 Å². The maximum Gasteiger partial charge on any atom is 0.222 e. The van der Waals surface area contributed by atoms with E-state index in [9.17, 15) is 4.79 Å². The molecule has 82 valence electrons. The van der Waals surface area contributed by atoms with Crippen LogP contribution in [-0.4, -0.2) is 36.1 Å². The summed E-state index contributed by atoms with van der Waals surface area (Å²) >= 11 is 0. The lowest BCUT2D eigenvalue weighted by atomic mass is 10.1. The molecule has 1 saturated heterocycles. The Morgan fingerprint density at radius 1 is 1.50 bits per heavy atom. The Hall–Kier alpha value is -0.570. The van der Waals surface area contributed by atoms with Crippen LogP contribution in [-0.2, 0) is 9.53 Å². The van der Waals surface area contributed by atoms with Gasteiger partial charge in [-0.2, -0.15) is 0 Å². The number of amides is 1. The Labute approximate surface area is 86.4 Å². The van der Waals surface area contributed by atoms with Crippen LogP contribution in [0.2, 0.25) is 0 Å². The molecule has 0 aliphatic carbocycles. The van der Waals surface area contributed by atoms with Crippen LogP contribution < -0.4 is 0 Å². The van der Waals surface area contributed by atoms with E-state index in [0.29, 0.717) is 19.1 Å². The molecule has 0 spiro atoms. The minimum Gasteiger partial charge on any atom is -0.375 e. The summed E-state index contributed by atoms with van der Waals surface area (Å²) in [7, 11) is 0. The molecule has 3 heteroatoms. The van der Waals surface area contributed by atoms with E-state index in [-0.39, 0.29) is 12.0 Å². The molecule has 2 atom stereocenters. The average Bonchev–Trinajstić information content (AvgIpc) is 2.18. The zero-order valence-corrected chi connectivity index (χ0v) is 9.45. The summed E-state index contributed by atoms with van der Waals surface area (Å²) in [6.45, 7) is 7.64. The Morgan fingerprint density at radius 2 is 2.21 bits per heavy atom. The highest BCUT2D eigenvalue weighted by Gasteiger charge is 2.28. The fourth-order valence-corrected chi connectivity index (χ4v) is 1.85. The molecule has 0 aromatic rings. The molecule has 0 N–H and O–H groups in total. The number of hydrogen-bond acceptors (Lipinski definition) is 2. The Morgan fingerprint density at radius 3 is 2.79 bits per heavy atom. The standard InChI is InChI=1S/C11H21NO2/c1-4-6-11(13)12-7-9(3)14-8-10(12)5-2/h9-10H,4-8H2,1-3H3. The molecule has 0 radical (unpaired) electrons. The lowest BCUT2D eigenvalue weighted by Crippen LogP contribution is -2.51. The van der Waals surface area contributed by atoms with Crippen molar-refractivity contribution >= 4 is 5.91 Å². The van der Waals surface area contributed by atoms with Crippen LogP contribution in [0.1, 0.15) is 40.0 Å². The topological polar surface area (TPSA) is 29.5 Å². The first-order chi connectivity index (χ1) is 6.69. The van der Waals surface area contributed by atoms with Crippen LogP contribution in [0.4, 0.5) is 0 Å². The van der Waals surface area contributed by atoms with Crippen LogP contribution in [0.25, 0.3) is 0 Å². The van der Waals surface area contributed by atoms with Gasteiger partial charge < -0.3 is 9.64 Å². The number of hydrogen-bond donors (Lipinski definition) is 0. The van der Waals surface area contributed by atoms with E-state index in [4.69, 9.17) is 4.74 Å². The lowest BCUT2D eigenvalue weighted by Gasteiger charge is -2.38. The Balaban J connectivity index is 2.56. The van der Waals surface area contributed by atoms with Crippen molar-refractivity contribution in [1.82, 2.24) is 4.90 Å². The van der Waals surface area contributed by atoms with E-state index in [2.05, 4.69) is 6.92 Å². The van der Waals surface area contributed by atoms with Gasteiger partial charge in [-0.05, 0) is 19.8 Å². The molecule has 1 amide bonds. The smallest absolute Gasteiger partial charge is 0.222 e. The molecule has 1 fully saturated rings. The minimum absolute atomic E-state index is 0.193. The molecule has 2 unspecified atom stereocenters. The normalized spacial score (nSPS) is 27.8. The quantitative estimate of drug-likeness (QED) is 0.694. The van der Waals surface area contributed by atoms with Crippen molar-refractivity contribution < 1.29 is 9.53 Å². The van der Waals surface area contributed by atoms with Crippen molar-refractivity contribution in [3.63, 3.8) is 0 Å². The first-order valence-electron chi connectivity index (χ1n) is 5.60. The van der Waals surface area contributed by atoms with Gasteiger partial charge in [0, 0.05) is 13.0 Å². The van der Waals surface area contributed by atoms with Gasteiger partial charge in [-0.3, -0.25) is 4.79 Å². The molecule has 0 aromatic carbocycles. The van der Waals surface area contributed by atoms with E-state index in [1.807, 2.05) is 18.7 Å². The number of nitrogens with zero attached hydrogens (tertiary/aromatic N) is 1. The summed E-state index contributed by atoms with van der Waals surface area (Å²) in [5.74, 6) is 0.287. The summed E-state index contributed by atoms with van der Waals surface area (Å²) in [5.41, 5.74) is 0. The molecule has 0 aromatic heterocycles. The number of carbonyl (C=O) groups is 1. The third-order valence-corrected chi connectivity index (χ3v) is 2.72. The van der Waals surface area contributed by atoms with Crippen molar-refractivity contribution in [1.29, 1.82) is 0 Å². The zero-order valence-electron chi connectivity index (χ0n) is 9.45. The van der Waals surface area contributed by atoms with Gasteiger partial charge in [0.25, 0.3) is 0 Å². The van der Waals surface area contributed by atoms with Gasteiger partial charge in [-0.1, -0.05) is 13.8 Å². The predicted molar refractivity (Wildman–Crippen MR) is 56.1 cm³/mol. The summed E-state index contributed by atoms with van der Waals surface area (Å²) in [6.07, 6.45) is 2.78. The average molecular weight is 199 g/mol. The van der Waals surface area contributed by atoms with Crippen molar-refractivity contribution in [3.8, 4) is 0 Å². The summed E-state index contributed by atoms with van der Waals surface area (Å²) in [6, 6.07) is 0.297.